The molecule has 0 spiro atoms. The number of carbonyl (C=O) groups is 2. The molecule has 2 rings (SSSR count). The molecule has 7 heteroatoms. The van der Waals surface area contributed by atoms with Crippen molar-refractivity contribution in [3.8, 4) is 0 Å². The van der Waals surface area contributed by atoms with Crippen LogP contribution in [0.2, 0.25) is 0 Å². The second-order valence-electron chi connectivity index (χ2n) is 3.51. The first kappa shape index (κ1) is 11.8. The molecule has 0 unspecified atom stereocenters. The Labute approximate surface area is 103 Å². The number of anilines is 1. The van der Waals surface area contributed by atoms with Crippen LogP contribution < -0.4 is 10.3 Å². The molecule has 0 fully saturated rings. The number of hydrogen-bond acceptors (Lipinski definition) is 4. The zero-order chi connectivity index (χ0) is 13.0. The fourth-order valence-corrected chi connectivity index (χ4v) is 1.34. The summed E-state index contributed by atoms with van der Waals surface area (Å²) in [6, 6.07) is 8.89. The number of nitrogens with zero attached hydrogens (tertiary/aromatic N) is 4. The fraction of sp³-hybridized carbons (Fsp3) is 0.0909. The second kappa shape index (κ2) is 5.09. The van der Waals surface area contributed by atoms with Gasteiger partial charge in [0.05, 0.1) is 0 Å². The van der Waals surface area contributed by atoms with E-state index in [9.17, 15) is 9.59 Å². The van der Waals surface area contributed by atoms with Crippen LogP contribution in [0.15, 0.2) is 43.0 Å². The van der Waals surface area contributed by atoms with Crippen molar-refractivity contribution in [1.82, 2.24) is 14.9 Å². The Morgan fingerprint density at radius 3 is 2.39 bits per heavy atom. The summed E-state index contributed by atoms with van der Waals surface area (Å²) in [7, 11) is 1.53. The van der Waals surface area contributed by atoms with Gasteiger partial charge in [0.2, 0.25) is 0 Å². The van der Waals surface area contributed by atoms with Gasteiger partial charge in [-0.3, -0.25) is 15.0 Å². The molecule has 2 aromatic rings. The highest BCUT2D eigenvalue weighted by molar-refractivity contribution is 6.42. The minimum absolute atomic E-state index is 0.640. The van der Waals surface area contributed by atoms with Crippen LogP contribution in [0.4, 0.5) is 5.69 Å². The van der Waals surface area contributed by atoms with Gasteiger partial charge in [0.15, 0.2) is 0 Å². The van der Waals surface area contributed by atoms with E-state index in [1.807, 2.05) is 6.07 Å². The van der Waals surface area contributed by atoms with E-state index >= 15 is 0 Å². The molecule has 0 aliphatic carbocycles. The molecule has 0 saturated heterocycles. The maximum atomic E-state index is 11.8. The summed E-state index contributed by atoms with van der Waals surface area (Å²) in [6.07, 6.45) is 2.57. The highest BCUT2D eigenvalue weighted by atomic mass is 16.2. The van der Waals surface area contributed by atoms with E-state index in [1.54, 1.807) is 24.3 Å². The third-order valence-corrected chi connectivity index (χ3v) is 2.29. The molecule has 1 N–H and O–H groups in total. The quantitative estimate of drug-likeness (QED) is 0.756. The van der Waals surface area contributed by atoms with Gasteiger partial charge >= 0.3 is 11.8 Å². The van der Waals surface area contributed by atoms with Crippen LogP contribution in [0.5, 0.6) is 0 Å². The monoisotopic (exact) mass is 245 g/mol. The molecule has 0 aliphatic rings. The predicted octanol–water partition coefficient (Wildman–Crippen LogP) is 0.0112. The summed E-state index contributed by atoms with van der Waals surface area (Å²) in [5.74, 6) is -1.43. The molecule has 0 atom stereocenters. The van der Waals surface area contributed by atoms with E-state index in [4.69, 9.17) is 0 Å². The summed E-state index contributed by atoms with van der Waals surface area (Å²) < 4.78 is 1.21. The van der Waals surface area contributed by atoms with Crippen molar-refractivity contribution in [2.24, 2.45) is 0 Å². The van der Waals surface area contributed by atoms with Crippen LogP contribution in [-0.4, -0.2) is 33.7 Å². The maximum Gasteiger partial charge on any atom is 0.328 e. The standard InChI is InChI=1S/C11H11N5O2/c1-15(9-5-3-2-4-6-9)11(18)10(17)14-16-7-12-13-8-16/h2-8H,1H3,(H,14,17). The van der Waals surface area contributed by atoms with Crippen molar-refractivity contribution in [3.05, 3.63) is 43.0 Å². The molecule has 2 amide bonds. The third kappa shape index (κ3) is 2.51. The zero-order valence-corrected chi connectivity index (χ0v) is 9.65. The average molecular weight is 245 g/mol. The van der Waals surface area contributed by atoms with Crippen LogP contribution in [0.1, 0.15) is 0 Å². The lowest BCUT2D eigenvalue weighted by molar-refractivity contribution is -0.134. The Hall–Kier alpha value is -2.70. The van der Waals surface area contributed by atoms with E-state index in [-0.39, 0.29) is 0 Å². The molecule has 0 radical (unpaired) electrons. The van der Waals surface area contributed by atoms with Crippen LogP contribution in [0.25, 0.3) is 0 Å². The summed E-state index contributed by atoms with van der Waals surface area (Å²) in [5, 5.41) is 7.02. The van der Waals surface area contributed by atoms with Gasteiger partial charge in [-0.1, -0.05) is 18.2 Å². The molecular weight excluding hydrogens is 234 g/mol. The van der Waals surface area contributed by atoms with Crippen LogP contribution in [-0.2, 0) is 9.59 Å². The first-order chi connectivity index (χ1) is 8.68. The number of para-hydroxylation sites is 1. The number of nitrogens with one attached hydrogen (secondary N) is 1. The average Bonchev–Trinajstić information content (AvgIpc) is 2.91. The maximum absolute atomic E-state index is 11.8. The number of hydrogen-bond donors (Lipinski definition) is 1. The highest BCUT2D eigenvalue weighted by Crippen LogP contribution is 2.10. The van der Waals surface area contributed by atoms with Crippen molar-refractivity contribution in [1.29, 1.82) is 0 Å². The van der Waals surface area contributed by atoms with E-state index < -0.39 is 11.8 Å². The number of benzene rings is 1. The first-order valence-electron chi connectivity index (χ1n) is 5.17. The number of aromatic nitrogens is 3. The van der Waals surface area contributed by atoms with Crippen LogP contribution in [0.3, 0.4) is 0 Å². The van der Waals surface area contributed by atoms with Crippen molar-refractivity contribution < 1.29 is 9.59 Å². The van der Waals surface area contributed by atoms with Gasteiger partial charge in [0.1, 0.15) is 12.7 Å². The van der Waals surface area contributed by atoms with Crippen molar-refractivity contribution >= 4 is 17.5 Å². The topological polar surface area (TPSA) is 80.1 Å². The molecule has 0 bridgehead atoms. The van der Waals surface area contributed by atoms with Gasteiger partial charge in [0.25, 0.3) is 0 Å². The largest absolute Gasteiger partial charge is 0.328 e. The van der Waals surface area contributed by atoms with Crippen molar-refractivity contribution in [2.45, 2.75) is 0 Å². The molecule has 1 aromatic heterocycles. The molecular formula is C11H11N5O2. The van der Waals surface area contributed by atoms with Gasteiger partial charge < -0.3 is 4.90 Å². The third-order valence-electron chi connectivity index (χ3n) is 2.29. The van der Waals surface area contributed by atoms with E-state index in [0.29, 0.717) is 5.69 Å². The smallest absolute Gasteiger partial charge is 0.307 e. The first-order valence-corrected chi connectivity index (χ1v) is 5.17. The molecule has 1 heterocycles. The molecule has 1 aromatic carbocycles. The summed E-state index contributed by atoms with van der Waals surface area (Å²) in [6.45, 7) is 0. The lowest BCUT2D eigenvalue weighted by Crippen LogP contribution is -2.39. The Kier molecular flexibility index (Phi) is 3.33. The van der Waals surface area contributed by atoms with Gasteiger partial charge in [-0.05, 0) is 12.1 Å². The zero-order valence-electron chi connectivity index (χ0n) is 9.65. The fourth-order valence-electron chi connectivity index (χ4n) is 1.34. The molecule has 18 heavy (non-hydrogen) atoms. The Morgan fingerprint density at radius 1 is 1.17 bits per heavy atom. The van der Waals surface area contributed by atoms with Crippen LogP contribution in [0, 0.1) is 0 Å². The van der Waals surface area contributed by atoms with Gasteiger partial charge in [0, 0.05) is 12.7 Å². The Morgan fingerprint density at radius 2 is 1.78 bits per heavy atom. The lowest BCUT2D eigenvalue weighted by atomic mass is 10.3. The van der Waals surface area contributed by atoms with Crippen molar-refractivity contribution in [3.63, 3.8) is 0 Å². The van der Waals surface area contributed by atoms with Crippen molar-refractivity contribution in [2.75, 3.05) is 17.4 Å². The highest BCUT2D eigenvalue weighted by Gasteiger charge is 2.19. The van der Waals surface area contributed by atoms with Gasteiger partial charge in [-0.25, -0.2) is 4.68 Å². The molecule has 7 nitrogen and oxygen atoms in total. The minimum Gasteiger partial charge on any atom is -0.307 e. The van der Waals surface area contributed by atoms with Gasteiger partial charge in [-0.2, -0.15) is 0 Å². The second-order valence-corrected chi connectivity index (χ2v) is 3.51. The normalized spacial score (nSPS) is 9.83. The number of carbonyl (C=O) groups excluding carboxylic acids is 2. The number of rotatable bonds is 2. The van der Waals surface area contributed by atoms with E-state index in [1.165, 1.54) is 29.3 Å². The minimum atomic E-state index is -0.763. The lowest BCUT2D eigenvalue weighted by Gasteiger charge is -2.16. The Balaban J connectivity index is 2.05. The summed E-state index contributed by atoms with van der Waals surface area (Å²) >= 11 is 0. The molecule has 0 aliphatic heterocycles. The molecule has 92 valence electrons. The van der Waals surface area contributed by atoms with Gasteiger partial charge in [-0.15, -0.1) is 10.2 Å². The van der Waals surface area contributed by atoms with E-state index in [0.717, 1.165) is 0 Å². The predicted molar refractivity (Wildman–Crippen MR) is 64.2 cm³/mol. The van der Waals surface area contributed by atoms with E-state index in [2.05, 4.69) is 15.6 Å². The number of likely N-dealkylation sites (N-methyl/N-ethyl adjacent to an activating group) is 1. The SMILES string of the molecule is CN(C(=O)C(=O)Nn1cnnc1)c1ccccc1. The summed E-state index contributed by atoms with van der Waals surface area (Å²) in [4.78, 5) is 24.7. The van der Waals surface area contributed by atoms with Crippen LogP contribution >= 0.6 is 0 Å². The summed E-state index contributed by atoms with van der Waals surface area (Å²) in [5.41, 5.74) is 2.97. The Bertz CT molecular complexity index is 538. The molecule has 0 saturated carbocycles. The number of amides is 2.